The fourth-order valence-corrected chi connectivity index (χ4v) is 6.49. The number of hydrogen-bond acceptors (Lipinski definition) is 5. The molecule has 1 unspecified atom stereocenters. The van der Waals surface area contributed by atoms with E-state index in [0.717, 1.165) is 16.7 Å². The van der Waals surface area contributed by atoms with Gasteiger partial charge in [-0.3, -0.25) is 14.5 Å². The SMILES string of the molecule is O=C(Cc1ccccc1)NC1C(=O)N2C(C(=O)OC(c3ccccc3)c3ccccc3)=C(C=C(Br)Br)CS[C@@H]12. The highest BCUT2D eigenvalue weighted by Crippen LogP contribution is 2.42. The molecule has 2 amide bonds. The third kappa shape index (κ3) is 6.21. The highest BCUT2D eigenvalue weighted by molar-refractivity contribution is 9.28. The first-order valence-electron chi connectivity index (χ1n) is 12.3. The zero-order chi connectivity index (χ0) is 27.4. The summed E-state index contributed by atoms with van der Waals surface area (Å²) in [6, 6.07) is 27.6. The second-order valence-corrected chi connectivity index (χ2v) is 12.9. The minimum atomic E-state index is -0.717. The van der Waals surface area contributed by atoms with Crippen molar-refractivity contribution in [3.63, 3.8) is 0 Å². The lowest BCUT2D eigenvalue weighted by Gasteiger charge is -2.49. The molecule has 2 heterocycles. The number of carbonyl (C=O) groups excluding carboxylic acids is 3. The van der Waals surface area contributed by atoms with E-state index in [4.69, 9.17) is 4.74 Å². The molecular formula is C30H24Br2N2O4S. The summed E-state index contributed by atoms with van der Waals surface area (Å²) in [5.74, 6) is -0.720. The molecule has 5 rings (SSSR count). The van der Waals surface area contributed by atoms with Crippen molar-refractivity contribution in [2.75, 3.05) is 5.75 Å². The van der Waals surface area contributed by atoms with Crippen molar-refractivity contribution in [3.8, 4) is 0 Å². The Balaban J connectivity index is 1.40. The number of rotatable bonds is 8. The number of allylic oxidation sites excluding steroid dienone is 1. The highest BCUT2D eigenvalue weighted by atomic mass is 79.9. The molecule has 0 bridgehead atoms. The van der Waals surface area contributed by atoms with E-state index in [1.807, 2.05) is 91.0 Å². The monoisotopic (exact) mass is 666 g/mol. The number of β-lactam (4-membered cyclic amide) rings is 1. The molecule has 1 N–H and O–H groups in total. The third-order valence-corrected chi connectivity index (χ3v) is 8.19. The van der Waals surface area contributed by atoms with Gasteiger partial charge in [0, 0.05) is 5.75 Å². The van der Waals surface area contributed by atoms with Crippen molar-refractivity contribution < 1.29 is 19.1 Å². The average Bonchev–Trinajstić information content (AvgIpc) is 2.95. The molecule has 0 radical (unpaired) electrons. The van der Waals surface area contributed by atoms with Gasteiger partial charge < -0.3 is 10.1 Å². The number of ether oxygens (including phenoxy) is 1. The number of fused-ring (bicyclic) bond motifs is 1. The molecule has 0 spiro atoms. The lowest BCUT2D eigenvalue weighted by atomic mass is 10.0. The van der Waals surface area contributed by atoms with Crippen LogP contribution in [0.4, 0.5) is 0 Å². The van der Waals surface area contributed by atoms with Crippen molar-refractivity contribution in [1.82, 2.24) is 10.2 Å². The largest absolute Gasteiger partial charge is 0.448 e. The second kappa shape index (κ2) is 12.4. The van der Waals surface area contributed by atoms with Gasteiger partial charge in [-0.15, -0.1) is 11.8 Å². The van der Waals surface area contributed by atoms with Gasteiger partial charge in [0.25, 0.3) is 5.91 Å². The molecule has 9 heteroatoms. The van der Waals surface area contributed by atoms with Crippen LogP contribution in [0.3, 0.4) is 0 Å². The van der Waals surface area contributed by atoms with Gasteiger partial charge in [-0.25, -0.2) is 4.79 Å². The number of amides is 2. The molecule has 1 saturated heterocycles. The Labute approximate surface area is 247 Å². The normalized spacial score (nSPS) is 18.2. The quantitative estimate of drug-likeness (QED) is 0.241. The van der Waals surface area contributed by atoms with E-state index in [2.05, 4.69) is 37.2 Å². The summed E-state index contributed by atoms with van der Waals surface area (Å²) in [7, 11) is 0. The standard InChI is InChI=1S/C30H24Br2N2O4S/c31-23(32)17-22-18-39-29-25(33-24(35)16-19-10-4-1-5-11-19)28(36)34(29)26(22)30(37)38-27(20-12-6-2-7-13-20)21-14-8-3-9-15-21/h1-15,17,25,27,29H,16,18H2,(H,33,35)/t25?,29-/m0/s1. The topological polar surface area (TPSA) is 75.7 Å². The van der Waals surface area contributed by atoms with Crippen LogP contribution in [0.15, 0.2) is 112 Å². The molecule has 6 nitrogen and oxygen atoms in total. The molecule has 0 saturated carbocycles. The van der Waals surface area contributed by atoms with Crippen molar-refractivity contribution in [2.24, 2.45) is 0 Å². The number of hydrogen-bond donors (Lipinski definition) is 1. The van der Waals surface area contributed by atoms with E-state index in [1.54, 1.807) is 6.08 Å². The van der Waals surface area contributed by atoms with Gasteiger partial charge >= 0.3 is 5.97 Å². The molecule has 3 aromatic carbocycles. The van der Waals surface area contributed by atoms with Gasteiger partial charge in [0.1, 0.15) is 17.1 Å². The van der Waals surface area contributed by atoms with E-state index in [-0.39, 0.29) is 23.9 Å². The predicted molar refractivity (Wildman–Crippen MR) is 159 cm³/mol. The highest BCUT2D eigenvalue weighted by Gasteiger charge is 2.54. The predicted octanol–water partition coefficient (Wildman–Crippen LogP) is 5.85. The summed E-state index contributed by atoms with van der Waals surface area (Å²) >= 11 is 8.25. The van der Waals surface area contributed by atoms with E-state index in [9.17, 15) is 14.4 Å². The Morgan fingerprint density at radius 2 is 1.51 bits per heavy atom. The Hall–Kier alpha value is -3.14. The Kier molecular flexibility index (Phi) is 8.69. The van der Waals surface area contributed by atoms with Crippen LogP contribution in [0, 0.1) is 0 Å². The lowest BCUT2D eigenvalue weighted by molar-refractivity contribution is -0.154. The molecular weight excluding hydrogens is 644 g/mol. The van der Waals surface area contributed by atoms with Crippen LogP contribution < -0.4 is 5.32 Å². The first kappa shape index (κ1) is 27.4. The minimum Gasteiger partial charge on any atom is -0.448 e. The fraction of sp³-hybridized carbons (Fsp3) is 0.167. The molecule has 0 aromatic heterocycles. The number of thioether (sulfide) groups is 1. The lowest BCUT2D eigenvalue weighted by Crippen LogP contribution is -2.70. The molecule has 3 aromatic rings. The van der Waals surface area contributed by atoms with Gasteiger partial charge in [0.15, 0.2) is 6.10 Å². The van der Waals surface area contributed by atoms with Gasteiger partial charge in [0.2, 0.25) is 5.91 Å². The van der Waals surface area contributed by atoms with Crippen LogP contribution in [0.25, 0.3) is 0 Å². The van der Waals surface area contributed by atoms with E-state index in [1.165, 1.54) is 16.7 Å². The maximum atomic E-state index is 13.8. The molecule has 1 fully saturated rings. The summed E-state index contributed by atoms with van der Waals surface area (Å²) in [4.78, 5) is 41.3. The first-order chi connectivity index (χ1) is 18.9. The number of carbonyl (C=O) groups is 3. The van der Waals surface area contributed by atoms with Crippen molar-refractivity contribution >= 4 is 61.4 Å². The molecule has 39 heavy (non-hydrogen) atoms. The van der Waals surface area contributed by atoms with E-state index >= 15 is 0 Å². The van der Waals surface area contributed by atoms with Crippen LogP contribution in [-0.4, -0.2) is 39.9 Å². The van der Waals surface area contributed by atoms with Crippen molar-refractivity contribution in [1.29, 1.82) is 0 Å². The Morgan fingerprint density at radius 1 is 0.949 bits per heavy atom. The van der Waals surface area contributed by atoms with Crippen molar-refractivity contribution in [2.45, 2.75) is 23.9 Å². The van der Waals surface area contributed by atoms with Crippen molar-refractivity contribution in [3.05, 3.63) is 128 Å². The van der Waals surface area contributed by atoms with E-state index < -0.39 is 23.5 Å². The van der Waals surface area contributed by atoms with Gasteiger partial charge in [-0.05, 0) is 60.2 Å². The maximum Gasteiger partial charge on any atom is 0.356 e. The molecule has 2 aliphatic rings. The third-order valence-electron chi connectivity index (χ3n) is 6.43. The Morgan fingerprint density at radius 3 is 2.08 bits per heavy atom. The molecule has 2 atom stereocenters. The summed E-state index contributed by atoms with van der Waals surface area (Å²) in [5, 5.41) is 2.46. The number of esters is 1. The zero-order valence-electron chi connectivity index (χ0n) is 20.6. The molecule has 2 aliphatic heterocycles. The van der Waals surface area contributed by atoms with Crippen LogP contribution >= 0.6 is 43.6 Å². The first-order valence-corrected chi connectivity index (χ1v) is 14.9. The molecule has 198 valence electrons. The smallest absolute Gasteiger partial charge is 0.356 e. The number of nitrogens with one attached hydrogen (secondary N) is 1. The van der Waals surface area contributed by atoms with Gasteiger partial charge in [0.05, 0.1) is 9.81 Å². The average molecular weight is 668 g/mol. The zero-order valence-corrected chi connectivity index (χ0v) is 24.6. The minimum absolute atomic E-state index is 0.174. The number of nitrogens with zero attached hydrogens (tertiary/aromatic N) is 1. The summed E-state index contributed by atoms with van der Waals surface area (Å²) in [5.41, 5.74) is 3.33. The number of halogens is 2. The summed E-state index contributed by atoms with van der Waals surface area (Å²) in [6.07, 6.45) is 1.28. The van der Waals surface area contributed by atoms with Gasteiger partial charge in [-0.1, -0.05) is 91.0 Å². The summed E-state index contributed by atoms with van der Waals surface area (Å²) in [6.45, 7) is 0. The second-order valence-electron chi connectivity index (χ2n) is 9.03. The van der Waals surface area contributed by atoms with Crippen LogP contribution in [-0.2, 0) is 25.5 Å². The Bertz CT molecular complexity index is 1390. The number of benzene rings is 3. The van der Waals surface area contributed by atoms with Crippen LogP contribution in [0.2, 0.25) is 0 Å². The van der Waals surface area contributed by atoms with Gasteiger partial charge in [-0.2, -0.15) is 0 Å². The molecule has 0 aliphatic carbocycles. The van der Waals surface area contributed by atoms with Crippen LogP contribution in [0.5, 0.6) is 0 Å². The summed E-state index contributed by atoms with van der Waals surface area (Å²) < 4.78 is 6.76. The van der Waals surface area contributed by atoms with E-state index in [0.29, 0.717) is 14.7 Å². The van der Waals surface area contributed by atoms with Crippen LogP contribution in [0.1, 0.15) is 22.8 Å². The maximum absolute atomic E-state index is 13.8. The fourth-order valence-electron chi connectivity index (χ4n) is 4.63.